The summed E-state index contributed by atoms with van der Waals surface area (Å²) in [6, 6.07) is 10.4. The Bertz CT molecular complexity index is 957. The standard InChI is InChI=1S/C22H27ClFN5O3/c1-14(2)32-19-9-8-17(12-18(19)24)26-20-27-21(30)28(11-3-10-25)22(31)29(20)13-15-4-6-16(23)7-5-15/h4-9,12,14,20,26H,3,10-11,13,25H2,1-2H3,(H,27,30). The average Bonchev–Trinajstić information content (AvgIpc) is 2.74. The fraction of sp³-hybridized carbons (Fsp3) is 0.364. The molecule has 4 N–H and O–H groups in total. The van der Waals surface area contributed by atoms with E-state index in [0.717, 1.165) is 10.5 Å². The van der Waals surface area contributed by atoms with Gasteiger partial charge >= 0.3 is 12.1 Å². The highest BCUT2D eigenvalue weighted by molar-refractivity contribution is 6.30. The number of imide groups is 1. The zero-order valence-corrected chi connectivity index (χ0v) is 18.7. The van der Waals surface area contributed by atoms with Crippen LogP contribution in [0.4, 0.5) is 19.7 Å². The van der Waals surface area contributed by atoms with Crippen LogP contribution >= 0.6 is 11.6 Å². The number of rotatable bonds is 9. The van der Waals surface area contributed by atoms with Crippen molar-refractivity contribution >= 4 is 29.4 Å². The van der Waals surface area contributed by atoms with Gasteiger partial charge in [0.15, 0.2) is 17.9 Å². The summed E-state index contributed by atoms with van der Waals surface area (Å²) >= 11 is 5.96. The van der Waals surface area contributed by atoms with E-state index in [0.29, 0.717) is 23.7 Å². The van der Waals surface area contributed by atoms with E-state index in [2.05, 4.69) is 10.6 Å². The van der Waals surface area contributed by atoms with Crippen molar-refractivity contribution in [3.63, 3.8) is 0 Å². The van der Waals surface area contributed by atoms with Crippen molar-refractivity contribution in [1.29, 1.82) is 0 Å². The smallest absolute Gasteiger partial charge is 0.331 e. The van der Waals surface area contributed by atoms with Gasteiger partial charge in [-0.25, -0.2) is 18.9 Å². The highest BCUT2D eigenvalue weighted by Crippen LogP contribution is 2.24. The molecule has 1 atom stereocenters. The van der Waals surface area contributed by atoms with Crippen LogP contribution in [-0.2, 0) is 6.54 Å². The van der Waals surface area contributed by atoms with Crippen LogP contribution in [0.15, 0.2) is 42.5 Å². The Morgan fingerprint density at radius 1 is 1.22 bits per heavy atom. The monoisotopic (exact) mass is 463 g/mol. The van der Waals surface area contributed by atoms with Gasteiger partial charge in [-0.2, -0.15) is 0 Å². The Morgan fingerprint density at radius 3 is 2.56 bits per heavy atom. The fourth-order valence-electron chi connectivity index (χ4n) is 3.23. The second kappa shape index (κ2) is 10.5. The summed E-state index contributed by atoms with van der Waals surface area (Å²) in [4.78, 5) is 28.3. The lowest BCUT2D eigenvalue weighted by molar-refractivity contribution is 0.106. The van der Waals surface area contributed by atoms with E-state index in [9.17, 15) is 14.0 Å². The first kappa shape index (κ1) is 23.6. The molecule has 0 bridgehead atoms. The summed E-state index contributed by atoms with van der Waals surface area (Å²) in [5.74, 6) is -0.425. The predicted octanol–water partition coefficient (Wildman–Crippen LogP) is 3.96. The van der Waals surface area contributed by atoms with E-state index < -0.39 is 24.2 Å². The van der Waals surface area contributed by atoms with E-state index >= 15 is 0 Å². The Balaban J connectivity index is 1.84. The van der Waals surface area contributed by atoms with Gasteiger partial charge in [0, 0.05) is 23.3 Å². The summed E-state index contributed by atoms with van der Waals surface area (Å²) in [5.41, 5.74) is 6.74. The van der Waals surface area contributed by atoms with Crippen molar-refractivity contribution in [2.45, 2.75) is 39.2 Å². The van der Waals surface area contributed by atoms with Gasteiger partial charge in [0.25, 0.3) is 0 Å². The molecule has 32 heavy (non-hydrogen) atoms. The predicted molar refractivity (Wildman–Crippen MR) is 121 cm³/mol. The molecule has 1 fully saturated rings. The molecular weight excluding hydrogens is 437 g/mol. The number of nitrogens with one attached hydrogen (secondary N) is 2. The lowest BCUT2D eigenvalue weighted by atomic mass is 10.2. The van der Waals surface area contributed by atoms with Crippen LogP contribution in [0.2, 0.25) is 5.02 Å². The fourth-order valence-corrected chi connectivity index (χ4v) is 3.36. The highest BCUT2D eigenvalue weighted by atomic mass is 35.5. The lowest BCUT2D eigenvalue weighted by Gasteiger charge is -2.41. The Labute approximate surface area is 191 Å². The van der Waals surface area contributed by atoms with Crippen molar-refractivity contribution in [2.75, 3.05) is 18.4 Å². The molecule has 10 heteroatoms. The summed E-state index contributed by atoms with van der Waals surface area (Å²) < 4.78 is 19.9. The van der Waals surface area contributed by atoms with Gasteiger partial charge in [-0.15, -0.1) is 0 Å². The number of nitrogens with zero attached hydrogens (tertiary/aromatic N) is 2. The molecule has 0 spiro atoms. The summed E-state index contributed by atoms with van der Waals surface area (Å²) in [6.45, 7) is 4.35. The van der Waals surface area contributed by atoms with Gasteiger partial charge in [-0.1, -0.05) is 23.7 Å². The molecule has 172 valence electrons. The zero-order chi connectivity index (χ0) is 23.3. The minimum absolute atomic E-state index is 0.125. The maximum atomic E-state index is 14.4. The molecule has 8 nitrogen and oxygen atoms in total. The van der Waals surface area contributed by atoms with Crippen molar-refractivity contribution in [1.82, 2.24) is 15.1 Å². The molecule has 1 heterocycles. The molecule has 3 rings (SSSR count). The van der Waals surface area contributed by atoms with Crippen LogP contribution in [0.25, 0.3) is 0 Å². The Hall–Kier alpha value is -3.04. The number of halogens is 2. The maximum Gasteiger partial charge on any atom is 0.331 e. The molecule has 4 amide bonds. The Kier molecular flexibility index (Phi) is 7.76. The number of urea groups is 2. The van der Waals surface area contributed by atoms with Crippen LogP contribution in [0.5, 0.6) is 5.75 Å². The quantitative estimate of drug-likeness (QED) is 0.522. The van der Waals surface area contributed by atoms with Crippen LogP contribution in [0, 0.1) is 5.82 Å². The largest absolute Gasteiger partial charge is 0.488 e. The molecule has 0 aliphatic carbocycles. The molecule has 1 saturated heterocycles. The van der Waals surface area contributed by atoms with E-state index in [1.54, 1.807) is 44.2 Å². The number of hydrogen-bond acceptors (Lipinski definition) is 5. The molecule has 0 aromatic heterocycles. The molecule has 1 aliphatic heterocycles. The van der Waals surface area contributed by atoms with Gasteiger partial charge in [0.2, 0.25) is 0 Å². The van der Waals surface area contributed by atoms with Crippen molar-refractivity contribution < 1.29 is 18.7 Å². The summed E-state index contributed by atoms with van der Waals surface area (Å²) in [7, 11) is 0. The number of ether oxygens (including phenoxy) is 1. The maximum absolute atomic E-state index is 14.4. The van der Waals surface area contributed by atoms with Crippen LogP contribution in [-0.4, -0.2) is 47.3 Å². The van der Waals surface area contributed by atoms with Crippen LogP contribution in [0.3, 0.4) is 0 Å². The first-order chi connectivity index (χ1) is 15.3. The molecule has 0 radical (unpaired) electrons. The van der Waals surface area contributed by atoms with Gasteiger partial charge in [0.05, 0.1) is 12.6 Å². The summed E-state index contributed by atoms with van der Waals surface area (Å²) in [6.07, 6.45) is -0.585. The van der Waals surface area contributed by atoms with Crippen molar-refractivity contribution in [2.24, 2.45) is 5.73 Å². The number of carbonyl (C=O) groups excluding carboxylic acids is 2. The van der Waals surface area contributed by atoms with Gasteiger partial charge in [-0.3, -0.25) is 10.2 Å². The highest BCUT2D eigenvalue weighted by Gasteiger charge is 2.38. The first-order valence-electron chi connectivity index (χ1n) is 10.3. The number of anilines is 1. The SMILES string of the molecule is CC(C)Oc1ccc(NC2NC(=O)N(CCCN)C(=O)N2Cc2ccc(Cl)cc2)cc1F. The van der Waals surface area contributed by atoms with E-state index in [4.69, 9.17) is 22.1 Å². The zero-order valence-electron chi connectivity index (χ0n) is 18.0. The number of amides is 4. The second-order valence-corrected chi connectivity index (χ2v) is 8.08. The van der Waals surface area contributed by atoms with Crippen LogP contribution in [0.1, 0.15) is 25.8 Å². The second-order valence-electron chi connectivity index (χ2n) is 7.64. The molecule has 1 unspecified atom stereocenters. The molecule has 0 saturated carbocycles. The van der Waals surface area contributed by atoms with Crippen molar-refractivity contribution in [3.8, 4) is 5.75 Å². The van der Waals surface area contributed by atoms with Crippen molar-refractivity contribution in [3.05, 3.63) is 58.9 Å². The van der Waals surface area contributed by atoms with E-state index in [-0.39, 0.29) is 24.9 Å². The molecule has 1 aliphatic rings. The van der Waals surface area contributed by atoms with Gasteiger partial charge < -0.3 is 15.8 Å². The third-order valence-corrected chi connectivity index (χ3v) is 5.00. The molecular formula is C22H27ClFN5O3. The Morgan fingerprint density at radius 2 is 1.94 bits per heavy atom. The minimum Gasteiger partial charge on any atom is -0.488 e. The number of hydrogen-bond donors (Lipinski definition) is 3. The van der Waals surface area contributed by atoms with E-state index in [1.807, 2.05) is 0 Å². The first-order valence-corrected chi connectivity index (χ1v) is 10.7. The normalized spacial score (nSPS) is 16.4. The van der Waals surface area contributed by atoms with E-state index in [1.165, 1.54) is 17.0 Å². The lowest BCUT2D eigenvalue weighted by Crippen LogP contribution is -2.67. The molecule has 2 aromatic rings. The van der Waals surface area contributed by atoms with Crippen LogP contribution < -0.4 is 21.1 Å². The summed E-state index contributed by atoms with van der Waals surface area (Å²) in [5, 5.41) is 6.36. The van der Waals surface area contributed by atoms with Gasteiger partial charge in [-0.05, 0) is 56.6 Å². The number of nitrogens with two attached hydrogens (primary N) is 1. The third kappa shape index (κ3) is 5.80. The minimum atomic E-state index is -0.893. The molecule has 2 aromatic carbocycles. The number of carbonyl (C=O) groups is 2. The number of benzene rings is 2. The van der Waals surface area contributed by atoms with Gasteiger partial charge in [0.1, 0.15) is 0 Å². The topological polar surface area (TPSA) is 99.9 Å². The average molecular weight is 464 g/mol. The third-order valence-electron chi connectivity index (χ3n) is 4.74.